The second-order valence-corrected chi connectivity index (χ2v) is 4.99. The van der Waals surface area contributed by atoms with Crippen LogP contribution in [0.2, 0.25) is 0 Å². The van der Waals surface area contributed by atoms with Gasteiger partial charge in [0.05, 0.1) is 12.5 Å². The Balaban J connectivity index is 3.15. The zero-order chi connectivity index (χ0) is 13.1. The van der Waals surface area contributed by atoms with Gasteiger partial charge in [0.2, 0.25) is 0 Å². The molecule has 0 bridgehead atoms. The first-order valence-electron chi connectivity index (χ1n) is 5.71. The normalized spacial score (nSPS) is 13.5. The molecule has 0 aromatic heterocycles. The molecule has 1 rings (SSSR count). The van der Waals surface area contributed by atoms with E-state index in [2.05, 4.69) is 0 Å². The lowest BCUT2D eigenvalue weighted by Gasteiger charge is -2.36. The highest BCUT2D eigenvalue weighted by molar-refractivity contribution is 5.77. The SMILES string of the molecule is COC(=O)C(C)(C)C(c1ccccc1)N(C)C. The molecule has 0 aliphatic heterocycles. The predicted octanol–water partition coefficient (Wildman–Crippen LogP) is 2.49. The molecule has 17 heavy (non-hydrogen) atoms. The second kappa shape index (κ2) is 5.32. The number of hydrogen-bond acceptors (Lipinski definition) is 3. The molecule has 3 heteroatoms. The minimum absolute atomic E-state index is 0.00356. The van der Waals surface area contributed by atoms with Crippen LogP contribution in [-0.4, -0.2) is 32.1 Å². The van der Waals surface area contributed by atoms with Gasteiger partial charge in [-0.05, 0) is 33.5 Å². The molecule has 0 saturated carbocycles. The van der Waals surface area contributed by atoms with E-state index in [9.17, 15) is 4.79 Å². The fourth-order valence-electron chi connectivity index (χ4n) is 2.37. The number of benzene rings is 1. The first-order chi connectivity index (χ1) is 7.91. The summed E-state index contributed by atoms with van der Waals surface area (Å²) in [6.45, 7) is 3.83. The fraction of sp³-hybridized carbons (Fsp3) is 0.500. The Morgan fingerprint density at radius 2 is 1.76 bits per heavy atom. The van der Waals surface area contributed by atoms with Crippen molar-refractivity contribution in [3.8, 4) is 0 Å². The molecule has 0 aliphatic rings. The zero-order valence-corrected chi connectivity index (χ0v) is 11.2. The van der Waals surface area contributed by atoms with Crippen molar-refractivity contribution in [3.63, 3.8) is 0 Å². The van der Waals surface area contributed by atoms with Crippen LogP contribution in [0.1, 0.15) is 25.5 Å². The van der Waals surface area contributed by atoms with Crippen LogP contribution >= 0.6 is 0 Å². The monoisotopic (exact) mass is 235 g/mol. The Labute approximate surface area is 103 Å². The summed E-state index contributed by atoms with van der Waals surface area (Å²) in [5, 5.41) is 0. The van der Waals surface area contributed by atoms with Gasteiger partial charge >= 0.3 is 5.97 Å². The van der Waals surface area contributed by atoms with Crippen LogP contribution in [0.5, 0.6) is 0 Å². The first-order valence-corrected chi connectivity index (χ1v) is 5.71. The number of hydrogen-bond donors (Lipinski definition) is 0. The molecule has 0 spiro atoms. The number of carbonyl (C=O) groups excluding carboxylic acids is 1. The van der Waals surface area contributed by atoms with E-state index in [4.69, 9.17) is 4.74 Å². The number of esters is 1. The average Bonchev–Trinajstić information content (AvgIpc) is 2.28. The molecule has 0 heterocycles. The average molecular weight is 235 g/mol. The van der Waals surface area contributed by atoms with Crippen LogP contribution in [0.15, 0.2) is 30.3 Å². The summed E-state index contributed by atoms with van der Waals surface area (Å²) >= 11 is 0. The van der Waals surface area contributed by atoms with Gasteiger partial charge in [-0.25, -0.2) is 0 Å². The third-order valence-electron chi connectivity index (χ3n) is 3.03. The third kappa shape index (κ3) is 2.86. The van der Waals surface area contributed by atoms with Crippen molar-refractivity contribution in [2.75, 3.05) is 21.2 Å². The highest BCUT2D eigenvalue weighted by atomic mass is 16.5. The Morgan fingerprint density at radius 3 is 2.18 bits per heavy atom. The quantitative estimate of drug-likeness (QED) is 0.751. The van der Waals surface area contributed by atoms with Gasteiger partial charge in [0, 0.05) is 6.04 Å². The molecule has 0 amide bonds. The van der Waals surface area contributed by atoms with Crippen LogP contribution in [0, 0.1) is 5.41 Å². The summed E-state index contributed by atoms with van der Waals surface area (Å²) < 4.78 is 4.90. The zero-order valence-electron chi connectivity index (χ0n) is 11.2. The van der Waals surface area contributed by atoms with Crippen LogP contribution in [-0.2, 0) is 9.53 Å². The minimum atomic E-state index is -0.584. The van der Waals surface area contributed by atoms with Crippen molar-refractivity contribution < 1.29 is 9.53 Å². The molecule has 1 aromatic rings. The van der Waals surface area contributed by atoms with Crippen molar-refractivity contribution in [1.29, 1.82) is 0 Å². The van der Waals surface area contributed by atoms with E-state index in [0.717, 1.165) is 5.56 Å². The number of ether oxygens (including phenoxy) is 1. The number of carbonyl (C=O) groups is 1. The smallest absolute Gasteiger partial charge is 0.313 e. The first kappa shape index (κ1) is 13.7. The summed E-state index contributed by atoms with van der Waals surface area (Å²) in [4.78, 5) is 14.0. The lowest BCUT2D eigenvalue weighted by Crippen LogP contribution is -2.40. The minimum Gasteiger partial charge on any atom is -0.469 e. The van der Waals surface area contributed by atoms with Crippen molar-refractivity contribution in [2.45, 2.75) is 19.9 Å². The molecule has 1 aromatic carbocycles. The van der Waals surface area contributed by atoms with Gasteiger partial charge in [-0.2, -0.15) is 0 Å². The lowest BCUT2D eigenvalue weighted by atomic mass is 9.79. The van der Waals surface area contributed by atoms with Crippen molar-refractivity contribution in [1.82, 2.24) is 4.90 Å². The third-order valence-corrected chi connectivity index (χ3v) is 3.03. The molecule has 1 unspecified atom stereocenters. The molecule has 94 valence electrons. The molecule has 3 nitrogen and oxygen atoms in total. The highest BCUT2D eigenvalue weighted by Gasteiger charge is 2.40. The molecular weight excluding hydrogens is 214 g/mol. The van der Waals surface area contributed by atoms with Gasteiger partial charge < -0.3 is 9.64 Å². The Morgan fingerprint density at radius 1 is 1.24 bits per heavy atom. The van der Waals surface area contributed by atoms with Gasteiger partial charge in [0.1, 0.15) is 0 Å². The van der Waals surface area contributed by atoms with Gasteiger partial charge in [0.15, 0.2) is 0 Å². The maximum atomic E-state index is 11.9. The van der Waals surface area contributed by atoms with E-state index in [1.807, 2.05) is 63.2 Å². The van der Waals surface area contributed by atoms with Crippen molar-refractivity contribution in [3.05, 3.63) is 35.9 Å². The summed E-state index contributed by atoms with van der Waals surface area (Å²) in [6.07, 6.45) is 0. The highest BCUT2D eigenvalue weighted by Crippen LogP contribution is 2.37. The summed E-state index contributed by atoms with van der Waals surface area (Å²) in [6, 6.07) is 10.0. The predicted molar refractivity (Wildman–Crippen MR) is 68.7 cm³/mol. The van der Waals surface area contributed by atoms with Crippen molar-refractivity contribution >= 4 is 5.97 Å². The molecule has 1 atom stereocenters. The van der Waals surface area contributed by atoms with Crippen LogP contribution in [0.4, 0.5) is 0 Å². The summed E-state index contributed by atoms with van der Waals surface area (Å²) in [7, 11) is 5.38. The largest absolute Gasteiger partial charge is 0.469 e. The Hall–Kier alpha value is -1.35. The molecule has 0 radical (unpaired) electrons. The van der Waals surface area contributed by atoms with E-state index in [0.29, 0.717) is 0 Å². The van der Waals surface area contributed by atoms with Crippen LogP contribution < -0.4 is 0 Å². The maximum Gasteiger partial charge on any atom is 0.313 e. The lowest BCUT2D eigenvalue weighted by molar-refractivity contribution is -0.154. The second-order valence-electron chi connectivity index (χ2n) is 4.99. The van der Waals surface area contributed by atoms with E-state index in [1.165, 1.54) is 7.11 Å². The van der Waals surface area contributed by atoms with Gasteiger partial charge in [-0.15, -0.1) is 0 Å². The van der Waals surface area contributed by atoms with Crippen molar-refractivity contribution in [2.24, 2.45) is 5.41 Å². The molecule has 0 aliphatic carbocycles. The maximum absolute atomic E-state index is 11.9. The Kier molecular flexibility index (Phi) is 4.29. The standard InChI is InChI=1S/C14H21NO2/c1-14(2,13(16)17-5)12(15(3)4)11-9-7-6-8-10-11/h6-10,12H,1-5H3. The summed E-state index contributed by atoms with van der Waals surface area (Å²) in [5.74, 6) is -0.194. The van der Waals surface area contributed by atoms with Crippen LogP contribution in [0.3, 0.4) is 0 Å². The van der Waals surface area contributed by atoms with Gasteiger partial charge in [-0.3, -0.25) is 4.79 Å². The number of methoxy groups -OCH3 is 1. The van der Waals surface area contributed by atoms with E-state index < -0.39 is 5.41 Å². The molecule has 0 N–H and O–H groups in total. The molecular formula is C14H21NO2. The van der Waals surface area contributed by atoms with E-state index in [-0.39, 0.29) is 12.0 Å². The topological polar surface area (TPSA) is 29.5 Å². The Bertz CT molecular complexity index is 371. The van der Waals surface area contributed by atoms with E-state index >= 15 is 0 Å². The van der Waals surface area contributed by atoms with E-state index in [1.54, 1.807) is 0 Å². The number of nitrogens with zero attached hydrogens (tertiary/aromatic N) is 1. The van der Waals surface area contributed by atoms with Gasteiger partial charge in [-0.1, -0.05) is 30.3 Å². The molecule has 0 saturated heterocycles. The molecule has 0 fully saturated rings. The fourth-order valence-corrected chi connectivity index (χ4v) is 2.37. The number of rotatable bonds is 4. The van der Waals surface area contributed by atoms with Gasteiger partial charge in [0.25, 0.3) is 0 Å². The summed E-state index contributed by atoms with van der Waals surface area (Å²) in [5.41, 5.74) is 0.535. The van der Waals surface area contributed by atoms with Crippen LogP contribution in [0.25, 0.3) is 0 Å².